The number of methoxy groups -OCH3 is 1. The smallest absolute Gasteiger partial charge is 0.102 e. The van der Waals surface area contributed by atoms with Gasteiger partial charge < -0.3 is 9.84 Å². The fourth-order valence-electron chi connectivity index (χ4n) is 0.974. The molecule has 13 heavy (non-hydrogen) atoms. The average molecular weight is 266 g/mol. The summed E-state index contributed by atoms with van der Waals surface area (Å²) in [5.41, 5.74) is 0.759. The molecule has 1 aromatic carbocycles. The van der Waals surface area contributed by atoms with Crippen LogP contribution in [0.15, 0.2) is 22.7 Å². The van der Waals surface area contributed by atoms with Gasteiger partial charge in [0.15, 0.2) is 0 Å². The lowest BCUT2D eigenvalue weighted by atomic mass is 10.1. The Bertz CT molecular complexity index is 291. The van der Waals surface area contributed by atoms with Crippen molar-refractivity contribution in [2.45, 2.75) is 6.10 Å². The van der Waals surface area contributed by atoms with Crippen LogP contribution in [-0.4, -0.2) is 18.8 Å². The highest BCUT2D eigenvalue weighted by Crippen LogP contribution is 2.25. The van der Waals surface area contributed by atoms with Crippen molar-refractivity contribution in [2.75, 3.05) is 13.7 Å². The van der Waals surface area contributed by atoms with Crippen molar-refractivity contribution in [1.82, 2.24) is 0 Å². The van der Waals surface area contributed by atoms with E-state index in [1.165, 1.54) is 0 Å². The third-order valence-corrected chi connectivity index (χ3v) is 2.89. The van der Waals surface area contributed by atoms with Crippen LogP contribution in [-0.2, 0) is 4.74 Å². The fourth-order valence-corrected chi connectivity index (χ4v) is 1.41. The lowest BCUT2D eigenvalue weighted by molar-refractivity contribution is 0.0644. The van der Waals surface area contributed by atoms with Crippen LogP contribution in [0.2, 0.25) is 5.02 Å². The normalized spacial score (nSPS) is 12.9. The van der Waals surface area contributed by atoms with Gasteiger partial charge in [-0.3, -0.25) is 0 Å². The quantitative estimate of drug-likeness (QED) is 0.911. The van der Waals surface area contributed by atoms with E-state index in [2.05, 4.69) is 15.9 Å². The van der Waals surface area contributed by atoms with Crippen LogP contribution in [0.5, 0.6) is 0 Å². The van der Waals surface area contributed by atoms with Gasteiger partial charge in [0.25, 0.3) is 0 Å². The predicted molar refractivity (Wildman–Crippen MR) is 56.0 cm³/mol. The summed E-state index contributed by atoms with van der Waals surface area (Å²) >= 11 is 9.13. The van der Waals surface area contributed by atoms with E-state index in [1.54, 1.807) is 25.3 Å². The zero-order valence-electron chi connectivity index (χ0n) is 7.13. The Morgan fingerprint density at radius 1 is 1.62 bits per heavy atom. The number of halogens is 2. The Morgan fingerprint density at radius 2 is 2.31 bits per heavy atom. The monoisotopic (exact) mass is 264 g/mol. The van der Waals surface area contributed by atoms with Gasteiger partial charge in [0.1, 0.15) is 6.10 Å². The second kappa shape index (κ2) is 4.96. The molecule has 2 nitrogen and oxygen atoms in total. The largest absolute Gasteiger partial charge is 0.386 e. The zero-order chi connectivity index (χ0) is 9.84. The molecule has 1 N–H and O–H groups in total. The molecule has 0 bridgehead atoms. The zero-order valence-corrected chi connectivity index (χ0v) is 9.47. The van der Waals surface area contributed by atoms with Crippen LogP contribution in [0.25, 0.3) is 0 Å². The van der Waals surface area contributed by atoms with Crippen LogP contribution in [0.1, 0.15) is 11.7 Å². The molecule has 0 saturated carbocycles. The lowest BCUT2D eigenvalue weighted by Crippen LogP contribution is -2.04. The molecule has 0 radical (unpaired) electrons. The van der Waals surface area contributed by atoms with Crippen LogP contribution >= 0.6 is 27.5 Å². The van der Waals surface area contributed by atoms with Crippen LogP contribution in [0.3, 0.4) is 0 Å². The summed E-state index contributed by atoms with van der Waals surface area (Å²) in [5.74, 6) is 0. The van der Waals surface area contributed by atoms with E-state index in [9.17, 15) is 5.11 Å². The van der Waals surface area contributed by atoms with Crippen molar-refractivity contribution in [1.29, 1.82) is 0 Å². The maximum atomic E-state index is 9.54. The predicted octanol–water partition coefficient (Wildman–Crippen LogP) is 2.78. The highest BCUT2D eigenvalue weighted by Gasteiger charge is 2.08. The molecule has 72 valence electrons. The molecule has 0 aromatic heterocycles. The van der Waals surface area contributed by atoms with E-state index in [0.29, 0.717) is 5.02 Å². The Kier molecular flexibility index (Phi) is 4.19. The number of benzene rings is 1. The summed E-state index contributed by atoms with van der Waals surface area (Å²) in [6, 6.07) is 5.32. The highest BCUT2D eigenvalue weighted by atomic mass is 79.9. The van der Waals surface area contributed by atoms with Crippen molar-refractivity contribution in [3.63, 3.8) is 0 Å². The van der Waals surface area contributed by atoms with Gasteiger partial charge in [-0.15, -0.1) is 0 Å². The van der Waals surface area contributed by atoms with E-state index in [-0.39, 0.29) is 6.61 Å². The molecule has 0 saturated heterocycles. The van der Waals surface area contributed by atoms with Gasteiger partial charge in [0, 0.05) is 11.6 Å². The first-order valence-corrected chi connectivity index (χ1v) is 4.94. The summed E-state index contributed by atoms with van der Waals surface area (Å²) in [5, 5.41) is 10.1. The molecule has 1 rings (SSSR count). The summed E-state index contributed by atoms with van der Waals surface area (Å²) in [6.07, 6.45) is -0.615. The molecule has 0 heterocycles. The molecule has 0 spiro atoms. The average Bonchev–Trinajstić information content (AvgIpc) is 2.10. The number of ether oxygens (including phenoxy) is 1. The van der Waals surface area contributed by atoms with E-state index < -0.39 is 6.10 Å². The highest BCUT2D eigenvalue weighted by molar-refractivity contribution is 9.10. The number of aliphatic hydroxyl groups excluding tert-OH is 1. The molecular formula is C9H10BrClO2. The summed E-state index contributed by atoms with van der Waals surface area (Å²) in [6.45, 7) is 0.276. The van der Waals surface area contributed by atoms with Gasteiger partial charge in [-0.25, -0.2) is 0 Å². The summed E-state index contributed by atoms with van der Waals surface area (Å²) < 4.78 is 5.65. The van der Waals surface area contributed by atoms with E-state index in [0.717, 1.165) is 10.0 Å². The van der Waals surface area contributed by atoms with Gasteiger partial charge in [0.05, 0.1) is 11.6 Å². The SMILES string of the molecule is COCC(O)c1ccc(Br)c(Cl)c1. The Labute approximate surface area is 90.6 Å². The number of aliphatic hydroxyl groups is 1. The molecule has 0 aliphatic heterocycles. The summed E-state index contributed by atoms with van der Waals surface area (Å²) in [4.78, 5) is 0. The van der Waals surface area contributed by atoms with Crippen LogP contribution in [0.4, 0.5) is 0 Å². The number of rotatable bonds is 3. The molecule has 4 heteroatoms. The minimum atomic E-state index is -0.615. The second-order valence-electron chi connectivity index (χ2n) is 2.64. The molecule has 0 aliphatic carbocycles. The van der Waals surface area contributed by atoms with Crippen LogP contribution in [0, 0.1) is 0 Å². The lowest BCUT2D eigenvalue weighted by Gasteiger charge is -2.10. The first-order valence-electron chi connectivity index (χ1n) is 3.77. The molecule has 1 atom stereocenters. The van der Waals surface area contributed by atoms with Crippen molar-refractivity contribution < 1.29 is 9.84 Å². The standard InChI is InChI=1S/C9H10BrClO2/c1-13-5-9(12)6-2-3-7(10)8(11)4-6/h2-4,9,12H,5H2,1H3. The Morgan fingerprint density at radius 3 is 2.85 bits per heavy atom. The van der Waals surface area contributed by atoms with Crippen LogP contribution < -0.4 is 0 Å². The third kappa shape index (κ3) is 2.95. The molecule has 1 unspecified atom stereocenters. The van der Waals surface area contributed by atoms with Gasteiger partial charge in [-0.05, 0) is 33.6 Å². The first kappa shape index (κ1) is 11.0. The Hall–Kier alpha value is -0.0900. The minimum Gasteiger partial charge on any atom is -0.386 e. The number of hydrogen-bond acceptors (Lipinski definition) is 2. The maximum Gasteiger partial charge on any atom is 0.102 e. The van der Waals surface area contributed by atoms with E-state index >= 15 is 0 Å². The minimum absolute atomic E-state index is 0.276. The van der Waals surface area contributed by atoms with Crippen molar-refractivity contribution in [3.8, 4) is 0 Å². The second-order valence-corrected chi connectivity index (χ2v) is 3.91. The summed E-state index contributed by atoms with van der Waals surface area (Å²) in [7, 11) is 1.55. The first-order chi connectivity index (χ1) is 6.15. The van der Waals surface area contributed by atoms with Crippen molar-refractivity contribution >= 4 is 27.5 Å². The van der Waals surface area contributed by atoms with Gasteiger partial charge in [-0.2, -0.15) is 0 Å². The van der Waals surface area contributed by atoms with Crippen molar-refractivity contribution in [3.05, 3.63) is 33.3 Å². The van der Waals surface area contributed by atoms with E-state index in [1.807, 2.05) is 0 Å². The van der Waals surface area contributed by atoms with Gasteiger partial charge in [0.2, 0.25) is 0 Å². The Balaban J connectivity index is 2.84. The van der Waals surface area contributed by atoms with Gasteiger partial charge >= 0.3 is 0 Å². The van der Waals surface area contributed by atoms with E-state index in [4.69, 9.17) is 16.3 Å². The van der Waals surface area contributed by atoms with Gasteiger partial charge in [-0.1, -0.05) is 17.7 Å². The topological polar surface area (TPSA) is 29.5 Å². The number of hydrogen-bond donors (Lipinski definition) is 1. The fraction of sp³-hybridized carbons (Fsp3) is 0.333. The molecule has 0 aliphatic rings. The molecule has 0 fully saturated rings. The molecule has 1 aromatic rings. The molecular weight excluding hydrogens is 255 g/mol. The third-order valence-electron chi connectivity index (χ3n) is 1.65. The molecule has 0 amide bonds. The van der Waals surface area contributed by atoms with Crippen molar-refractivity contribution in [2.24, 2.45) is 0 Å². The maximum absolute atomic E-state index is 9.54.